The van der Waals surface area contributed by atoms with Crippen molar-refractivity contribution in [2.45, 2.75) is 44.8 Å². The third-order valence-corrected chi connectivity index (χ3v) is 2.91. The Labute approximate surface area is 129 Å². The SMILES string of the molecule is CC(C)(C)OC(CCc1cccnc1)(C(=O)O)/C(N)=N/NN. The lowest BCUT2D eigenvalue weighted by Gasteiger charge is -2.35. The van der Waals surface area contributed by atoms with E-state index in [0.717, 1.165) is 5.56 Å². The van der Waals surface area contributed by atoms with Crippen molar-refractivity contribution in [2.24, 2.45) is 16.7 Å². The van der Waals surface area contributed by atoms with Crippen molar-refractivity contribution in [1.82, 2.24) is 10.5 Å². The number of hydrazine groups is 1. The Bertz CT molecular complexity index is 527. The first-order chi connectivity index (χ1) is 10.2. The van der Waals surface area contributed by atoms with Gasteiger partial charge in [0.2, 0.25) is 5.60 Å². The van der Waals surface area contributed by atoms with Crippen LogP contribution < -0.4 is 17.1 Å². The molecule has 8 heteroatoms. The highest BCUT2D eigenvalue weighted by Gasteiger charge is 2.47. The number of aryl methyl sites for hydroxylation is 1. The van der Waals surface area contributed by atoms with Gasteiger partial charge in [0.05, 0.1) is 5.60 Å². The van der Waals surface area contributed by atoms with Crippen molar-refractivity contribution in [3.05, 3.63) is 30.1 Å². The summed E-state index contributed by atoms with van der Waals surface area (Å²) >= 11 is 0. The number of nitrogens with two attached hydrogens (primary N) is 2. The van der Waals surface area contributed by atoms with Gasteiger partial charge in [-0.3, -0.25) is 4.98 Å². The maximum atomic E-state index is 11.9. The van der Waals surface area contributed by atoms with Crippen LogP contribution in [0.4, 0.5) is 0 Å². The van der Waals surface area contributed by atoms with Crippen LogP contribution in [0.1, 0.15) is 32.8 Å². The Balaban J connectivity index is 3.12. The Morgan fingerprint density at radius 3 is 2.64 bits per heavy atom. The van der Waals surface area contributed by atoms with Crippen LogP contribution in [0.5, 0.6) is 0 Å². The van der Waals surface area contributed by atoms with Gasteiger partial charge >= 0.3 is 5.97 Å². The number of pyridine rings is 1. The average Bonchev–Trinajstić information content (AvgIpc) is 2.43. The van der Waals surface area contributed by atoms with Gasteiger partial charge < -0.3 is 15.6 Å². The second kappa shape index (κ2) is 7.19. The minimum absolute atomic E-state index is 0.0995. The Morgan fingerprint density at radius 2 is 2.18 bits per heavy atom. The molecule has 0 saturated carbocycles. The molecule has 0 saturated heterocycles. The topological polar surface area (TPSA) is 136 Å². The fourth-order valence-electron chi connectivity index (χ4n) is 2.04. The summed E-state index contributed by atoms with van der Waals surface area (Å²) in [5.41, 5.74) is 6.20. The number of nitrogens with zero attached hydrogens (tertiary/aromatic N) is 2. The minimum atomic E-state index is -1.78. The van der Waals surface area contributed by atoms with Crippen molar-refractivity contribution in [2.75, 3.05) is 0 Å². The molecule has 22 heavy (non-hydrogen) atoms. The van der Waals surface area contributed by atoms with Crippen molar-refractivity contribution in [3.63, 3.8) is 0 Å². The third-order valence-electron chi connectivity index (χ3n) is 2.91. The summed E-state index contributed by atoms with van der Waals surface area (Å²) in [5, 5.41) is 13.3. The van der Waals surface area contributed by atoms with E-state index in [-0.39, 0.29) is 12.3 Å². The smallest absolute Gasteiger partial charge is 0.344 e. The zero-order valence-electron chi connectivity index (χ0n) is 13.0. The fraction of sp³-hybridized carbons (Fsp3) is 0.500. The van der Waals surface area contributed by atoms with Crippen LogP contribution in [0.3, 0.4) is 0 Å². The van der Waals surface area contributed by atoms with Crippen LogP contribution in [0, 0.1) is 0 Å². The first-order valence-electron chi connectivity index (χ1n) is 6.83. The van der Waals surface area contributed by atoms with Gasteiger partial charge in [0.1, 0.15) is 0 Å². The number of hydrazone groups is 1. The van der Waals surface area contributed by atoms with E-state index >= 15 is 0 Å². The second-order valence-electron chi connectivity index (χ2n) is 5.83. The molecule has 0 fully saturated rings. The number of ether oxygens (including phenoxy) is 1. The summed E-state index contributed by atoms with van der Waals surface area (Å²) in [6.07, 6.45) is 3.82. The number of rotatable bonds is 7. The van der Waals surface area contributed by atoms with Crippen molar-refractivity contribution < 1.29 is 14.6 Å². The van der Waals surface area contributed by atoms with E-state index in [2.05, 4.69) is 10.1 Å². The molecule has 0 radical (unpaired) electrons. The molecular formula is C14H23N5O3. The maximum absolute atomic E-state index is 11.9. The predicted molar refractivity (Wildman–Crippen MR) is 82.7 cm³/mol. The molecule has 1 rings (SSSR count). The molecule has 1 aromatic rings. The highest BCUT2D eigenvalue weighted by molar-refractivity contribution is 6.07. The van der Waals surface area contributed by atoms with E-state index in [1.807, 2.05) is 11.6 Å². The summed E-state index contributed by atoms with van der Waals surface area (Å²) in [4.78, 5) is 15.9. The molecule has 0 aliphatic heterocycles. The fourth-order valence-corrected chi connectivity index (χ4v) is 2.04. The molecule has 0 aromatic carbocycles. The number of aromatic nitrogens is 1. The summed E-state index contributed by atoms with van der Waals surface area (Å²) < 4.78 is 5.75. The Kier molecular flexibility index (Phi) is 5.84. The van der Waals surface area contributed by atoms with Gasteiger partial charge in [-0.2, -0.15) is 0 Å². The van der Waals surface area contributed by atoms with Crippen LogP contribution in [0.2, 0.25) is 0 Å². The second-order valence-corrected chi connectivity index (χ2v) is 5.83. The zero-order valence-corrected chi connectivity index (χ0v) is 13.0. The van der Waals surface area contributed by atoms with Crippen LogP contribution in [-0.4, -0.2) is 33.1 Å². The van der Waals surface area contributed by atoms with Gasteiger partial charge in [0.25, 0.3) is 0 Å². The molecule has 0 amide bonds. The maximum Gasteiger partial charge on any atom is 0.344 e. The van der Waals surface area contributed by atoms with Crippen molar-refractivity contribution >= 4 is 11.8 Å². The number of nitrogens with one attached hydrogen (secondary N) is 1. The standard InChI is InChI=1S/C14H23N5O3/c1-13(2,3)22-14(12(20)21,11(15)18-19-16)7-6-10-5-4-8-17-9-10/h4-5,8-9,19H,6-7,16H2,1-3H3,(H2,15,18)(H,20,21). The monoisotopic (exact) mass is 309 g/mol. The molecule has 0 aliphatic carbocycles. The van der Waals surface area contributed by atoms with E-state index in [1.54, 1.807) is 39.2 Å². The average molecular weight is 309 g/mol. The molecule has 122 valence electrons. The lowest BCUT2D eigenvalue weighted by atomic mass is 9.92. The van der Waals surface area contributed by atoms with E-state index in [9.17, 15) is 9.90 Å². The number of amidine groups is 1. The van der Waals surface area contributed by atoms with Gasteiger partial charge in [-0.25, -0.2) is 16.2 Å². The Morgan fingerprint density at radius 1 is 1.50 bits per heavy atom. The molecule has 1 aromatic heterocycles. The molecule has 1 heterocycles. The van der Waals surface area contributed by atoms with E-state index in [0.29, 0.717) is 6.42 Å². The number of carbonyl (C=O) groups is 1. The minimum Gasteiger partial charge on any atom is -0.479 e. The molecule has 0 spiro atoms. The largest absolute Gasteiger partial charge is 0.479 e. The van der Waals surface area contributed by atoms with Crippen LogP contribution in [0.15, 0.2) is 29.6 Å². The van der Waals surface area contributed by atoms with Gasteiger partial charge in [-0.05, 0) is 45.2 Å². The van der Waals surface area contributed by atoms with Gasteiger partial charge in [0, 0.05) is 12.4 Å². The predicted octanol–water partition coefficient (Wildman–Crippen LogP) is 0.388. The number of aliphatic carboxylic acids is 1. The Hall–Kier alpha value is -2.19. The van der Waals surface area contributed by atoms with E-state index in [1.165, 1.54) is 0 Å². The number of carboxylic acid groups (broad SMARTS) is 1. The van der Waals surface area contributed by atoms with E-state index in [4.69, 9.17) is 16.3 Å². The highest BCUT2D eigenvalue weighted by Crippen LogP contribution is 2.26. The molecule has 8 nitrogen and oxygen atoms in total. The summed E-state index contributed by atoms with van der Waals surface area (Å²) in [6, 6.07) is 3.63. The molecule has 1 atom stereocenters. The summed E-state index contributed by atoms with van der Waals surface area (Å²) in [6.45, 7) is 5.24. The lowest BCUT2D eigenvalue weighted by molar-refractivity contribution is -0.171. The van der Waals surface area contributed by atoms with Crippen molar-refractivity contribution in [1.29, 1.82) is 0 Å². The number of hydrogen-bond acceptors (Lipinski definition) is 6. The van der Waals surface area contributed by atoms with E-state index < -0.39 is 17.2 Å². The van der Waals surface area contributed by atoms with Gasteiger partial charge in [-0.1, -0.05) is 6.07 Å². The van der Waals surface area contributed by atoms with Crippen molar-refractivity contribution in [3.8, 4) is 0 Å². The molecule has 0 aliphatic rings. The third kappa shape index (κ3) is 4.68. The summed E-state index contributed by atoms with van der Waals surface area (Å²) in [5.74, 6) is 3.67. The van der Waals surface area contributed by atoms with Crippen LogP contribution in [-0.2, 0) is 16.0 Å². The number of hydrogen-bond donors (Lipinski definition) is 4. The molecule has 0 bridgehead atoms. The highest BCUT2D eigenvalue weighted by atomic mass is 16.5. The van der Waals surface area contributed by atoms with Gasteiger partial charge in [0.15, 0.2) is 5.84 Å². The van der Waals surface area contributed by atoms with Crippen LogP contribution >= 0.6 is 0 Å². The first kappa shape index (κ1) is 17.9. The molecule has 1 unspecified atom stereocenters. The van der Waals surface area contributed by atoms with Crippen LogP contribution in [0.25, 0.3) is 0 Å². The quantitative estimate of drug-likeness (QED) is 0.247. The zero-order chi connectivity index (χ0) is 16.8. The normalized spacial score (nSPS) is 15.2. The molecular weight excluding hydrogens is 286 g/mol. The molecule has 6 N–H and O–H groups in total. The summed E-state index contributed by atoms with van der Waals surface area (Å²) in [7, 11) is 0. The lowest BCUT2D eigenvalue weighted by Crippen LogP contribution is -2.57. The number of carboxylic acids is 1. The first-order valence-corrected chi connectivity index (χ1v) is 6.83. The van der Waals surface area contributed by atoms with Gasteiger partial charge in [-0.15, -0.1) is 5.10 Å².